The Labute approximate surface area is 205 Å². The van der Waals surface area contributed by atoms with E-state index in [-0.39, 0.29) is 0 Å². The van der Waals surface area contributed by atoms with Gasteiger partial charge in [-0.3, -0.25) is 9.02 Å². The molecular formula is C20H22ClIN7PS. The highest BCUT2D eigenvalue weighted by Crippen LogP contribution is 2.39. The Morgan fingerprint density at radius 2 is 1.97 bits per heavy atom. The van der Waals surface area contributed by atoms with Crippen LogP contribution in [0.5, 0.6) is 0 Å². The van der Waals surface area contributed by atoms with Crippen LogP contribution in [-0.2, 0) is 7.05 Å². The highest BCUT2D eigenvalue weighted by atomic mass is 127. The number of nitrogens with one attached hydrogen (secondary N) is 1. The standard InChI is InChI=1S/C20H22ClIN7PS/c1-11-14(10-23-27(11)3)13-6-7-15(17(8-13)28(4)31-5)25-16-9-18(21)26-20-19(16)24-12(2)29(20)30-22/h6-10,30H,1-5H3,(H,25,26). The lowest BCUT2D eigenvalue weighted by Crippen LogP contribution is -2.08. The van der Waals surface area contributed by atoms with Crippen molar-refractivity contribution in [3.63, 3.8) is 0 Å². The number of anilines is 3. The minimum atomic E-state index is 0.438. The Kier molecular flexibility index (Phi) is 6.67. The molecule has 31 heavy (non-hydrogen) atoms. The predicted octanol–water partition coefficient (Wildman–Crippen LogP) is 6.35. The van der Waals surface area contributed by atoms with Gasteiger partial charge in [0.2, 0.25) is 0 Å². The normalized spacial score (nSPS) is 11.7. The maximum atomic E-state index is 6.37. The number of fused-ring (bicyclic) bond motifs is 1. The zero-order chi connectivity index (χ0) is 22.3. The number of hydrogen-bond donors (Lipinski definition) is 1. The van der Waals surface area contributed by atoms with E-state index in [2.05, 4.69) is 84.5 Å². The van der Waals surface area contributed by atoms with Crippen molar-refractivity contribution in [2.45, 2.75) is 13.8 Å². The average molecular weight is 586 g/mol. The lowest BCUT2D eigenvalue weighted by molar-refractivity contribution is 0.740. The van der Waals surface area contributed by atoms with E-state index in [4.69, 9.17) is 16.6 Å². The van der Waals surface area contributed by atoms with Crippen molar-refractivity contribution >= 4 is 80.2 Å². The number of hydrogen-bond acceptors (Lipinski definition) is 6. The zero-order valence-electron chi connectivity index (χ0n) is 17.7. The van der Waals surface area contributed by atoms with Crippen LogP contribution in [0.25, 0.3) is 22.3 Å². The first-order valence-electron chi connectivity index (χ1n) is 9.44. The Bertz CT molecular complexity index is 1270. The molecule has 3 heterocycles. The first-order chi connectivity index (χ1) is 14.8. The van der Waals surface area contributed by atoms with Crippen molar-refractivity contribution in [1.82, 2.24) is 24.1 Å². The zero-order valence-corrected chi connectivity index (χ0v) is 22.5. The minimum Gasteiger partial charge on any atom is -0.352 e. The molecule has 0 aliphatic carbocycles. The second-order valence-corrected chi connectivity index (χ2v) is 10.4. The van der Waals surface area contributed by atoms with E-state index >= 15 is 0 Å². The second kappa shape index (κ2) is 9.13. The van der Waals surface area contributed by atoms with E-state index < -0.39 is 0 Å². The molecule has 0 spiro atoms. The Hall–Kier alpha value is -1.55. The Balaban J connectivity index is 1.82. The van der Waals surface area contributed by atoms with Gasteiger partial charge < -0.3 is 9.62 Å². The van der Waals surface area contributed by atoms with Crippen molar-refractivity contribution < 1.29 is 0 Å². The largest absolute Gasteiger partial charge is 0.352 e. The molecular weight excluding hydrogens is 564 g/mol. The van der Waals surface area contributed by atoms with Crippen LogP contribution in [0.2, 0.25) is 5.15 Å². The molecule has 0 bridgehead atoms. The third kappa shape index (κ3) is 4.25. The molecule has 3 aromatic heterocycles. The number of nitrogens with zero attached hydrogens (tertiary/aromatic N) is 6. The maximum Gasteiger partial charge on any atom is 0.167 e. The molecule has 0 amide bonds. The lowest BCUT2D eigenvalue weighted by atomic mass is 10.0. The van der Waals surface area contributed by atoms with Gasteiger partial charge in [-0.1, -0.05) is 29.6 Å². The third-order valence-electron chi connectivity index (χ3n) is 5.26. The van der Waals surface area contributed by atoms with Gasteiger partial charge in [0.15, 0.2) is 5.65 Å². The smallest absolute Gasteiger partial charge is 0.167 e. The number of aryl methyl sites for hydroxylation is 2. The molecule has 4 aromatic rings. The fraction of sp³-hybridized carbons (Fsp3) is 0.250. The fourth-order valence-corrected chi connectivity index (χ4v) is 6.09. The fourth-order valence-electron chi connectivity index (χ4n) is 3.41. The molecule has 0 saturated carbocycles. The molecule has 1 atom stereocenters. The highest BCUT2D eigenvalue weighted by molar-refractivity contribution is 14.2. The number of pyridine rings is 1. The number of aromatic nitrogens is 5. The monoisotopic (exact) mass is 585 g/mol. The molecule has 1 aromatic carbocycles. The van der Waals surface area contributed by atoms with Crippen LogP contribution in [0.4, 0.5) is 17.1 Å². The molecule has 162 valence electrons. The first kappa shape index (κ1) is 22.6. The average Bonchev–Trinajstić information content (AvgIpc) is 3.26. The van der Waals surface area contributed by atoms with E-state index in [1.807, 2.05) is 30.9 Å². The topological polar surface area (TPSA) is 63.8 Å². The van der Waals surface area contributed by atoms with Gasteiger partial charge >= 0.3 is 0 Å². The third-order valence-corrected chi connectivity index (χ3v) is 8.35. The molecule has 4 rings (SSSR count). The summed E-state index contributed by atoms with van der Waals surface area (Å²) in [5, 5.41) is 8.39. The van der Waals surface area contributed by atoms with Crippen molar-refractivity contribution in [2.75, 3.05) is 22.9 Å². The maximum absolute atomic E-state index is 6.37. The SMILES string of the molecule is CSN(C)c1cc(-c2cnn(C)c2C)ccc1Nc1cc(Cl)nc2c1nc(C)n2PI. The molecule has 0 aliphatic heterocycles. The summed E-state index contributed by atoms with van der Waals surface area (Å²) in [5.41, 5.74) is 7.84. The van der Waals surface area contributed by atoms with Crippen LogP contribution in [-0.4, -0.2) is 37.4 Å². The van der Waals surface area contributed by atoms with Gasteiger partial charge in [0.05, 0.1) is 29.6 Å². The molecule has 0 fully saturated rings. The minimum absolute atomic E-state index is 0.438. The van der Waals surface area contributed by atoms with Gasteiger partial charge in [-0.2, -0.15) is 5.10 Å². The van der Waals surface area contributed by atoms with E-state index in [1.54, 1.807) is 11.9 Å². The molecule has 0 radical (unpaired) electrons. The number of imidazole rings is 1. The summed E-state index contributed by atoms with van der Waals surface area (Å²) in [4.78, 5) is 9.26. The van der Waals surface area contributed by atoms with E-state index in [9.17, 15) is 0 Å². The van der Waals surface area contributed by atoms with Crippen LogP contribution in [0.3, 0.4) is 0 Å². The molecule has 1 N–H and O–H groups in total. The van der Waals surface area contributed by atoms with E-state index in [0.717, 1.165) is 50.9 Å². The van der Waals surface area contributed by atoms with Crippen molar-refractivity contribution in [3.8, 4) is 11.1 Å². The quantitative estimate of drug-likeness (QED) is 0.123. The van der Waals surface area contributed by atoms with Gasteiger partial charge in [0, 0.05) is 37.7 Å². The van der Waals surface area contributed by atoms with Gasteiger partial charge in [0.1, 0.15) is 16.5 Å². The van der Waals surface area contributed by atoms with Crippen LogP contribution < -0.4 is 9.62 Å². The van der Waals surface area contributed by atoms with Crippen LogP contribution in [0, 0.1) is 13.8 Å². The predicted molar refractivity (Wildman–Crippen MR) is 144 cm³/mol. The van der Waals surface area contributed by atoms with Crippen LogP contribution >= 0.6 is 52.0 Å². The number of rotatable bonds is 6. The van der Waals surface area contributed by atoms with Crippen molar-refractivity contribution in [2.24, 2.45) is 7.05 Å². The van der Waals surface area contributed by atoms with E-state index in [1.165, 1.54) is 0 Å². The number of halogens is 2. The summed E-state index contributed by atoms with van der Waals surface area (Å²) in [6.07, 6.45) is 4.47. The summed E-state index contributed by atoms with van der Waals surface area (Å²) >= 11 is 10.3. The summed E-state index contributed by atoms with van der Waals surface area (Å²) < 4.78 is 6.10. The van der Waals surface area contributed by atoms with Crippen LogP contribution in [0.15, 0.2) is 30.5 Å². The molecule has 0 aliphatic rings. The molecule has 11 heteroatoms. The second-order valence-electron chi connectivity index (χ2n) is 7.05. The lowest BCUT2D eigenvalue weighted by Gasteiger charge is -2.21. The summed E-state index contributed by atoms with van der Waals surface area (Å²) in [5.74, 6) is 0.921. The van der Waals surface area contributed by atoms with Crippen molar-refractivity contribution in [1.29, 1.82) is 0 Å². The molecule has 0 saturated heterocycles. The Morgan fingerprint density at radius 3 is 2.61 bits per heavy atom. The van der Waals surface area contributed by atoms with Gasteiger partial charge in [-0.15, -0.1) is 0 Å². The number of benzene rings is 1. The van der Waals surface area contributed by atoms with Crippen molar-refractivity contribution in [3.05, 3.63) is 47.1 Å². The van der Waals surface area contributed by atoms with Gasteiger partial charge in [0.25, 0.3) is 0 Å². The first-order valence-corrected chi connectivity index (χ1v) is 15.1. The summed E-state index contributed by atoms with van der Waals surface area (Å²) in [7, 11) is 4.01. The highest BCUT2D eigenvalue weighted by Gasteiger charge is 2.17. The molecule has 7 nitrogen and oxygen atoms in total. The van der Waals surface area contributed by atoms with Crippen LogP contribution in [0.1, 0.15) is 11.5 Å². The van der Waals surface area contributed by atoms with Gasteiger partial charge in [-0.05, 0) is 53.6 Å². The summed E-state index contributed by atoms with van der Waals surface area (Å²) in [6.45, 7) is 4.07. The van der Waals surface area contributed by atoms with E-state index in [0.29, 0.717) is 11.5 Å². The Morgan fingerprint density at radius 1 is 1.19 bits per heavy atom. The molecule has 1 unspecified atom stereocenters. The summed E-state index contributed by atoms with van der Waals surface area (Å²) in [6, 6.07) is 8.21. The van der Waals surface area contributed by atoms with Gasteiger partial charge in [-0.25, -0.2) is 9.97 Å².